The van der Waals surface area contributed by atoms with Crippen molar-refractivity contribution in [3.63, 3.8) is 0 Å². The smallest absolute Gasteiger partial charge is 0.248 e. The zero-order valence-electron chi connectivity index (χ0n) is 9.28. The maximum absolute atomic E-state index is 11.5. The van der Waals surface area contributed by atoms with Crippen LogP contribution in [0.4, 0.5) is 0 Å². The lowest BCUT2D eigenvalue weighted by Gasteiger charge is -2.28. The van der Waals surface area contributed by atoms with E-state index in [1.807, 2.05) is 6.07 Å². The van der Waals surface area contributed by atoms with Gasteiger partial charge in [0.2, 0.25) is 11.8 Å². The average molecular weight is 253 g/mol. The van der Waals surface area contributed by atoms with E-state index < -0.39 is 5.91 Å². The molecule has 1 aromatic rings. The van der Waals surface area contributed by atoms with Crippen molar-refractivity contribution in [1.29, 1.82) is 0 Å². The summed E-state index contributed by atoms with van der Waals surface area (Å²) in [5.41, 5.74) is 7.84. The van der Waals surface area contributed by atoms with Gasteiger partial charge in [-0.1, -0.05) is 6.07 Å². The van der Waals surface area contributed by atoms with Gasteiger partial charge in [-0.3, -0.25) is 9.59 Å². The molecule has 0 radical (unpaired) electrons. The molecule has 1 aliphatic rings. The molecule has 0 unspecified atom stereocenters. The highest BCUT2D eigenvalue weighted by Gasteiger charge is 2.20. The molecular formula is C12H13ClN2O2. The molecule has 0 saturated carbocycles. The number of hydrogen-bond acceptors (Lipinski definition) is 2. The van der Waals surface area contributed by atoms with Gasteiger partial charge in [0.05, 0.1) is 0 Å². The molecule has 0 aromatic heterocycles. The van der Waals surface area contributed by atoms with Crippen LogP contribution in [0.15, 0.2) is 18.2 Å². The molecular weight excluding hydrogens is 240 g/mol. The lowest BCUT2D eigenvalue weighted by molar-refractivity contribution is -0.129. The summed E-state index contributed by atoms with van der Waals surface area (Å²) in [6.07, 6.45) is 0.789. The van der Waals surface area contributed by atoms with Crippen LogP contribution in [0, 0.1) is 0 Å². The van der Waals surface area contributed by atoms with Gasteiger partial charge in [0.1, 0.15) is 5.88 Å². The van der Waals surface area contributed by atoms with Crippen molar-refractivity contribution in [3.8, 4) is 0 Å². The topological polar surface area (TPSA) is 63.4 Å². The Bertz CT molecular complexity index is 474. The molecule has 1 aliphatic heterocycles. The molecule has 0 spiro atoms. The summed E-state index contributed by atoms with van der Waals surface area (Å²) in [6.45, 7) is 1.18. The third-order valence-corrected chi connectivity index (χ3v) is 3.20. The van der Waals surface area contributed by atoms with Gasteiger partial charge < -0.3 is 10.6 Å². The number of fused-ring (bicyclic) bond motifs is 1. The number of alkyl halides is 1. The molecule has 17 heavy (non-hydrogen) atoms. The van der Waals surface area contributed by atoms with E-state index in [2.05, 4.69) is 0 Å². The van der Waals surface area contributed by atoms with Crippen molar-refractivity contribution in [2.24, 2.45) is 5.73 Å². The van der Waals surface area contributed by atoms with Crippen molar-refractivity contribution in [3.05, 3.63) is 34.9 Å². The second kappa shape index (κ2) is 4.75. The van der Waals surface area contributed by atoms with Gasteiger partial charge in [0.25, 0.3) is 0 Å². The summed E-state index contributed by atoms with van der Waals surface area (Å²) < 4.78 is 0. The molecule has 0 saturated heterocycles. The molecule has 0 fully saturated rings. The first-order chi connectivity index (χ1) is 8.11. The first-order valence-electron chi connectivity index (χ1n) is 5.37. The Morgan fingerprint density at radius 2 is 2.12 bits per heavy atom. The zero-order valence-corrected chi connectivity index (χ0v) is 10.0. The normalized spacial score (nSPS) is 14.3. The molecule has 5 heteroatoms. The van der Waals surface area contributed by atoms with E-state index in [0.717, 1.165) is 17.5 Å². The summed E-state index contributed by atoms with van der Waals surface area (Å²) in [5.74, 6) is -0.541. The predicted octanol–water partition coefficient (Wildman–Crippen LogP) is 0.909. The van der Waals surface area contributed by atoms with Gasteiger partial charge in [-0.25, -0.2) is 0 Å². The van der Waals surface area contributed by atoms with Gasteiger partial charge in [0.15, 0.2) is 0 Å². The Hall–Kier alpha value is -1.55. The molecule has 2 N–H and O–H groups in total. The van der Waals surface area contributed by atoms with E-state index in [1.54, 1.807) is 17.0 Å². The van der Waals surface area contributed by atoms with Gasteiger partial charge >= 0.3 is 0 Å². The van der Waals surface area contributed by atoms with Gasteiger partial charge in [-0.15, -0.1) is 11.6 Å². The monoisotopic (exact) mass is 252 g/mol. The van der Waals surface area contributed by atoms with Crippen LogP contribution < -0.4 is 5.73 Å². The Kier molecular flexibility index (Phi) is 3.33. The van der Waals surface area contributed by atoms with Gasteiger partial charge in [-0.2, -0.15) is 0 Å². The summed E-state index contributed by atoms with van der Waals surface area (Å²) >= 11 is 5.53. The fourth-order valence-corrected chi connectivity index (χ4v) is 2.18. The largest absolute Gasteiger partial charge is 0.366 e. The number of rotatable bonds is 2. The first-order valence-corrected chi connectivity index (χ1v) is 5.90. The molecule has 1 aromatic carbocycles. The number of nitrogens with two attached hydrogens (primary N) is 1. The highest BCUT2D eigenvalue weighted by atomic mass is 35.5. The van der Waals surface area contributed by atoms with Crippen molar-refractivity contribution < 1.29 is 9.59 Å². The van der Waals surface area contributed by atoms with Crippen molar-refractivity contribution in [2.75, 3.05) is 12.4 Å². The molecule has 2 rings (SSSR count). The number of hydrogen-bond donors (Lipinski definition) is 1. The van der Waals surface area contributed by atoms with Crippen LogP contribution in [-0.2, 0) is 17.8 Å². The lowest BCUT2D eigenvalue weighted by atomic mass is 9.97. The van der Waals surface area contributed by atoms with Crippen LogP contribution in [0.25, 0.3) is 0 Å². The summed E-state index contributed by atoms with van der Waals surface area (Å²) in [7, 11) is 0. The highest BCUT2D eigenvalue weighted by molar-refractivity contribution is 6.27. The predicted molar refractivity (Wildman–Crippen MR) is 64.8 cm³/mol. The molecule has 1 heterocycles. The van der Waals surface area contributed by atoms with E-state index in [1.165, 1.54) is 0 Å². The zero-order chi connectivity index (χ0) is 12.4. The van der Waals surface area contributed by atoms with E-state index >= 15 is 0 Å². The van der Waals surface area contributed by atoms with Crippen molar-refractivity contribution in [2.45, 2.75) is 13.0 Å². The molecule has 90 valence electrons. The highest BCUT2D eigenvalue weighted by Crippen LogP contribution is 2.20. The molecule has 4 nitrogen and oxygen atoms in total. The number of carbonyl (C=O) groups excluding carboxylic acids is 2. The van der Waals surface area contributed by atoms with Crippen LogP contribution >= 0.6 is 11.6 Å². The number of nitrogens with zero attached hydrogens (tertiary/aromatic N) is 1. The molecule has 0 aliphatic carbocycles. The average Bonchev–Trinajstić information content (AvgIpc) is 2.36. The van der Waals surface area contributed by atoms with E-state index in [-0.39, 0.29) is 11.8 Å². The molecule has 0 atom stereocenters. The minimum Gasteiger partial charge on any atom is -0.366 e. The quantitative estimate of drug-likeness (QED) is 0.796. The van der Waals surface area contributed by atoms with Crippen molar-refractivity contribution in [1.82, 2.24) is 4.90 Å². The molecule has 2 amide bonds. The standard InChI is InChI=1S/C12H13ClN2O2/c13-6-11(16)15-4-3-8-1-2-9(12(14)17)5-10(8)7-15/h1-2,5H,3-4,6-7H2,(H2,14,17). The van der Waals surface area contributed by atoms with Crippen LogP contribution in [0.5, 0.6) is 0 Å². The van der Waals surface area contributed by atoms with E-state index in [9.17, 15) is 9.59 Å². The van der Waals surface area contributed by atoms with Gasteiger partial charge in [-0.05, 0) is 29.7 Å². The van der Waals surface area contributed by atoms with Crippen LogP contribution in [0.3, 0.4) is 0 Å². The molecule has 0 bridgehead atoms. The number of carbonyl (C=O) groups is 2. The van der Waals surface area contributed by atoms with Gasteiger partial charge in [0, 0.05) is 18.7 Å². The third-order valence-electron chi connectivity index (χ3n) is 2.97. The Morgan fingerprint density at radius 1 is 1.35 bits per heavy atom. The second-order valence-electron chi connectivity index (χ2n) is 4.05. The minimum absolute atomic E-state index is 0.00908. The third kappa shape index (κ3) is 2.42. The Labute approximate surface area is 104 Å². The van der Waals surface area contributed by atoms with E-state index in [4.69, 9.17) is 17.3 Å². The first kappa shape index (κ1) is 11.9. The minimum atomic E-state index is -0.450. The fraction of sp³-hybridized carbons (Fsp3) is 0.333. The van der Waals surface area contributed by atoms with Crippen LogP contribution in [-0.4, -0.2) is 29.1 Å². The Balaban J connectivity index is 2.26. The van der Waals surface area contributed by atoms with Crippen LogP contribution in [0.1, 0.15) is 21.5 Å². The Morgan fingerprint density at radius 3 is 2.76 bits per heavy atom. The second-order valence-corrected chi connectivity index (χ2v) is 4.31. The van der Waals surface area contributed by atoms with Crippen LogP contribution in [0.2, 0.25) is 0 Å². The summed E-state index contributed by atoms with van der Waals surface area (Å²) in [5, 5.41) is 0. The fourth-order valence-electron chi connectivity index (χ4n) is 2.01. The number of benzene rings is 1. The summed E-state index contributed by atoms with van der Waals surface area (Å²) in [4.78, 5) is 24.3. The number of amides is 2. The van der Waals surface area contributed by atoms with Crippen molar-refractivity contribution >= 4 is 23.4 Å². The lowest BCUT2D eigenvalue weighted by Crippen LogP contribution is -2.36. The maximum atomic E-state index is 11.5. The summed E-state index contributed by atoms with van der Waals surface area (Å²) in [6, 6.07) is 5.38. The number of halogens is 1. The number of primary amides is 1. The van der Waals surface area contributed by atoms with E-state index in [0.29, 0.717) is 18.7 Å². The SMILES string of the molecule is NC(=O)c1ccc2c(c1)CN(C(=O)CCl)CC2. The maximum Gasteiger partial charge on any atom is 0.248 e.